The summed E-state index contributed by atoms with van der Waals surface area (Å²) in [5.74, 6) is 1.52. The normalized spacial score (nSPS) is 25.2. The maximum Gasteiger partial charge on any atom is 0.226 e. The van der Waals surface area contributed by atoms with Crippen LogP contribution in [-0.4, -0.2) is 78.0 Å². The van der Waals surface area contributed by atoms with Crippen molar-refractivity contribution in [3.05, 3.63) is 24.0 Å². The Labute approximate surface area is 168 Å². The highest BCUT2D eigenvalue weighted by Gasteiger charge is 2.34. The van der Waals surface area contributed by atoms with Gasteiger partial charge in [0, 0.05) is 57.6 Å². The summed E-state index contributed by atoms with van der Waals surface area (Å²) in [6, 6.07) is 4.56. The average molecular weight is 387 g/mol. The number of carbonyl (C=O) groups excluding carboxylic acids is 1. The van der Waals surface area contributed by atoms with Gasteiger partial charge in [-0.2, -0.15) is 0 Å². The van der Waals surface area contributed by atoms with Crippen LogP contribution in [0.1, 0.15) is 44.2 Å². The summed E-state index contributed by atoms with van der Waals surface area (Å²) in [7, 11) is 1.70. The Morgan fingerprint density at radius 2 is 1.89 bits per heavy atom. The van der Waals surface area contributed by atoms with E-state index >= 15 is 0 Å². The molecule has 0 aliphatic carbocycles. The second-order valence-electron chi connectivity index (χ2n) is 8.56. The van der Waals surface area contributed by atoms with Crippen molar-refractivity contribution in [1.29, 1.82) is 0 Å². The number of rotatable bonds is 5. The Morgan fingerprint density at radius 3 is 2.64 bits per heavy atom. The molecule has 3 saturated heterocycles. The van der Waals surface area contributed by atoms with Crippen LogP contribution < -0.4 is 4.74 Å². The first-order chi connectivity index (χ1) is 13.7. The Hall–Kier alpha value is -1.66. The molecule has 0 N–H and O–H groups in total. The minimum Gasteiger partial charge on any atom is -0.497 e. The summed E-state index contributed by atoms with van der Waals surface area (Å²) < 4.78 is 5.31. The molecule has 0 spiro atoms. The van der Waals surface area contributed by atoms with Crippen LogP contribution in [0.2, 0.25) is 0 Å². The molecule has 0 unspecified atom stereocenters. The van der Waals surface area contributed by atoms with E-state index in [0.29, 0.717) is 11.9 Å². The fraction of sp³-hybridized carbons (Fsp3) is 0.727. The van der Waals surface area contributed by atoms with Gasteiger partial charge in [0.15, 0.2) is 0 Å². The highest BCUT2D eigenvalue weighted by atomic mass is 16.5. The fourth-order valence-corrected chi connectivity index (χ4v) is 5.08. The first-order valence-corrected chi connectivity index (χ1v) is 11.0. The highest BCUT2D eigenvalue weighted by Crippen LogP contribution is 2.26. The van der Waals surface area contributed by atoms with Crippen LogP contribution >= 0.6 is 0 Å². The summed E-state index contributed by atoms with van der Waals surface area (Å²) in [6.07, 6.45) is 8.81. The molecule has 3 aliphatic rings. The molecule has 0 radical (unpaired) electrons. The van der Waals surface area contributed by atoms with Gasteiger partial charge >= 0.3 is 0 Å². The Kier molecular flexibility index (Phi) is 6.47. The van der Waals surface area contributed by atoms with Gasteiger partial charge in [-0.25, -0.2) is 0 Å². The molecule has 1 atom stereocenters. The number of amides is 1. The van der Waals surface area contributed by atoms with Gasteiger partial charge in [0.05, 0.1) is 18.7 Å². The average Bonchev–Trinajstić information content (AvgIpc) is 3.29. The highest BCUT2D eigenvalue weighted by molar-refractivity contribution is 5.79. The monoisotopic (exact) mass is 386 g/mol. The number of hydrogen-bond donors (Lipinski definition) is 0. The minimum absolute atomic E-state index is 0.228. The molecule has 1 aromatic rings. The van der Waals surface area contributed by atoms with Crippen molar-refractivity contribution in [3.8, 4) is 5.75 Å². The van der Waals surface area contributed by atoms with Crippen LogP contribution in [0, 0.1) is 5.92 Å². The van der Waals surface area contributed by atoms with Gasteiger partial charge in [-0.05, 0) is 51.1 Å². The number of methoxy groups -OCH3 is 1. The van der Waals surface area contributed by atoms with Gasteiger partial charge in [-0.1, -0.05) is 0 Å². The minimum atomic E-state index is 0.228. The zero-order chi connectivity index (χ0) is 19.3. The molecule has 3 aliphatic heterocycles. The maximum atomic E-state index is 12.8. The third-order valence-corrected chi connectivity index (χ3v) is 6.70. The Morgan fingerprint density at radius 1 is 1.11 bits per heavy atom. The summed E-state index contributed by atoms with van der Waals surface area (Å²) in [4.78, 5) is 24.5. The van der Waals surface area contributed by atoms with E-state index in [1.54, 1.807) is 7.11 Å². The number of likely N-dealkylation sites (tertiary alicyclic amines) is 3. The van der Waals surface area contributed by atoms with Crippen molar-refractivity contribution in [2.75, 3.05) is 46.4 Å². The summed E-state index contributed by atoms with van der Waals surface area (Å²) in [6.45, 7) is 7.18. The molecule has 1 aromatic heterocycles. The number of ether oxygens (including phenoxy) is 1. The molecular weight excluding hydrogens is 352 g/mol. The SMILES string of the molecule is COc1ccnc(CN2CCC(N3CCC[C@@H](C(=O)N4CCCC4)C3)CC2)c1. The number of piperidine rings is 2. The smallest absolute Gasteiger partial charge is 0.226 e. The van der Waals surface area contributed by atoms with Crippen LogP contribution in [0.4, 0.5) is 0 Å². The number of pyridine rings is 1. The standard InChI is InChI=1S/C22H34N4O2/c1-28-21-6-9-23-19(15-21)17-24-13-7-20(8-14-24)26-12-4-5-18(16-26)22(27)25-10-2-3-11-25/h6,9,15,18,20H,2-5,7-8,10-14,16-17H2,1H3/t18-/m1/s1. The summed E-state index contributed by atoms with van der Waals surface area (Å²) in [5, 5.41) is 0. The third kappa shape index (κ3) is 4.66. The zero-order valence-corrected chi connectivity index (χ0v) is 17.2. The van der Waals surface area contributed by atoms with E-state index in [1.165, 1.54) is 25.7 Å². The van der Waals surface area contributed by atoms with Crippen molar-refractivity contribution >= 4 is 5.91 Å². The number of nitrogens with zero attached hydrogens (tertiary/aromatic N) is 4. The quantitative estimate of drug-likeness (QED) is 0.778. The van der Waals surface area contributed by atoms with Gasteiger partial charge in [0.25, 0.3) is 0 Å². The van der Waals surface area contributed by atoms with Gasteiger partial charge in [-0.3, -0.25) is 19.6 Å². The molecule has 0 bridgehead atoms. The molecule has 0 saturated carbocycles. The van der Waals surface area contributed by atoms with E-state index in [9.17, 15) is 4.79 Å². The predicted molar refractivity (Wildman–Crippen MR) is 109 cm³/mol. The van der Waals surface area contributed by atoms with E-state index in [4.69, 9.17) is 4.74 Å². The Balaban J connectivity index is 1.26. The van der Waals surface area contributed by atoms with Gasteiger partial charge in [0.1, 0.15) is 5.75 Å². The maximum absolute atomic E-state index is 12.8. The molecule has 6 heteroatoms. The number of carbonyl (C=O) groups is 1. The lowest BCUT2D eigenvalue weighted by Gasteiger charge is -2.42. The van der Waals surface area contributed by atoms with Crippen LogP contribution in [-0.2, 0) is 11.3 Å². The van der Waals surface area contributed by atoms with Crippen LogP contribution in [0.15, 0.2) is 18.3 Å². The van der Waals surface area contributed by atoms with Gasteiger partial charge in [0.2, 0.25) is 5.91 Å². The number of hydrogen-bond acceptors (Lipinski definition) is 5. The molecule has 154 valence electrons. The van der Waals surface area contributed by atoms with Crippen LogP contribution in [0.5, 0.6) is 5.75 Å². The molecule has 6 nitrogen and oxygen atoms in total. The lowest BCUT2D eigenvalue weighted by atomic mass is 9.93. The molecule has 1 amide bonds. The molecule has 4 rings (SSSR count). The topological polar surface area (TPSA) is 48.9 Å². The first-order valence-electron chi connectivity index (χ1n) is 11.0. The Bertz CT molecular complexity index is 654. The number of aromatic nitrogens is 1. The lowest BCUT2D eigenvalue weighted by Crippen LogP contribution is -2.51. The fourth-order valence-electron chi connectivity index (χ4n) is 5.08. The van der Waals surface area contributed by atoms with E-state index in [2.05, 4.69) is 19.7 Å². The second kappa shape index (κ2) is 9.23. The molecule has 3 fully saturated rings. The largest absolute Gasteiger partial charge is 0.497 e. The summed E-state index contributed by atoms with van der Waals surface area (Å²) in [5.41, 5.74) is 1.08. The lowest BCUT2D eigenvalue weighted by molar-refractivity contribution is -0.136. The van der Waals surface area contributed by atoms with Crippen LogP contribution in [0.25, 0.3) is 0 Å². The van der Waals surface area contributed by atoms with Crippen molar-refractivity contribution in [3.63, 3.8) is 0 Å². The van der Waals surface area contributed by atoms with Crippen molar-refractivity contribution in [2.24, 2.45) is 5.92 Å². The van der Waals surface area contributed by atoms with Crippen molar-refractivity contribution in [1.82, 2.24) is 19.7 Å². The van der Waals surface area contributed by atoms with E-state index in [0.717, 1.165) is 70.1 Å². The van der Waals surface area contributed by atoms with E-state index in [1.807, 2.05) is 18.3 Å². The van der Waals surface area contributed by atoms with Gasteiger partial charge in [-0.15, -0.1) is 0 Å². The van der Waals surface area contributed by atoms with Crippen molar-refractivity contribution < 1.29 is 9.53 Å². The molecule has 0 aromatic carbocycles. The van der Waals surface area contributed by atoms with E-state index in [-0.39, 0.29) is 5.92 Å². The first kappa shape index (κ1) is 19.6. The van der Waals surface area contributed by atoms with Crippen LogP contribution in [0.3, 0.4) is 0 Å². The molecule has 28 heavy (non-hydrogen) atoms. The third-order valence-electron chi connectivity index (χ3n) is 6.70. The van der Waals surface area contributed by atoms with E-state index < -0.39 is 0 Å². The predicted octanol–water partition coefficient (Wildman–Crippen LogP) is 2.39. The molecule has 4 heterocycles. The van der Waals surface area contributed by atoms with Crippen molar-refractivity contribution in [2.45, 2.75) is 51.1 Å². The summed E-state index contributed by atoms with van der Waals surface area (Å²) >= 11 is 0. The second-order valence-corrected chi connectivity index (χ2v) is 8.56. The molecular formula is C22H34N4O2. The van der Waals surface area contributed by atoms with Gasteiger partial charge < -0.3 is 9.64 Å². The zero-order valence-electron chi connectivity index (χ0n) is 17.2.